The normalized spacial score (nSPS) is 14.6. The maximum absolute atomic E-state index is 14.2. The average molecular weight is 568 g/mol. The molecule has 1 aliphatic heterocycles. The fourth-order valence-electron chi connectivity index (χ4n) is 4.72. The summed E-state index contributed by atoms with van der Waals surface area (Å²) >= 11 is 6.48. The highest BCUT2D eigenvalue weighted by Gasteiger charge is 2.38. The first-order valence-corrected chi connectivity index (χ1v) is 13.1. The van der Waals surface area contributed by atoms with Crippen LogP contribution >= 0.6 is 11.6 Å². The third kappa shape index (κ3) is 5.48. The molecule has 3 aromatic rings. The number of likely N-dealkylation sites (tertiary alicyclic amines) is 1. The lowest BCUT2D eigenvalue weighted by Gasteiger charge is -2.39. The number of amides is 2. The first-order valence-electron chi connectivity index (χ1n) is 12.7. The highest BCUT2D eigenvalue weighted by molar-refractivity contribution is 6.41. The smallest absolute Gasteiger partial charge is 0.282 e. The Labute approximate surface area is 238 Å². The number of H-pyrrole nitrogens is 1. The Kier molecular flexibility index (Phi) is 7.83. The topological polar surface area (TPSA) is 108 Å². The van der Waals surface area contributed by atoms with Gasteiger partial charge in [-0.1, -0.05) is 39.0 Å². The van der Waals surface area contributed by atoms with Crippen LogP contribution in [0.3, 0.4) is 0 Å². The number of alkyl halides is 2. The van der Waals surface area contributed by atoms with E-state index in [1.165, 1.54) is 15.5 Å². The third-order valence-electron chi connectivity index (χ3n) is 6.73. The van der Waals surface area contributed by atoms with E-state index < -0.39 is 35.4 Å². The van der Waals surface area contributed by atoms with Crippen LogP contribution in [0.2, 0.25) is 5.02 Å². The molecule has 9 nitrogen and oxygen atoms in total. The maximum atomic E-state index is 14.2. The summed E-state index contributed by atoms with van der Waals surface area (Å²) in [6.45, 7) is 13.3. The molecule has 1 fully saturated rings. The summed E-state index contributed by atoms with van der Waals surface area (Å²) < 4.78 is 29.7. The zero-order chi connectivity index (χ0) is 29.7. The monoisotopic (exact) mass is 567 g/mol. The van der Waals surface area contributed by atoms with Gasteiger partial charge in [0.15, 0.2) is 5.82 Å². The number of halogens is 3. The third-order valence-corrected chi connectivity index (χ3v) is 7.05. The summed E-state index contributed by atoms with van der Waals surface area (Å²) in [4.78, 5) is 30.5. The van der Waals surface area contributed by atoms with Crippen molar-refractivity contribution in [2.45, 2.75) is 63.9 Å². The Bertz CT molecular complexity index is 1470. The Morgan fingerprint density at radius 3 is 2.45 bits per heavy atom. The number of aromatic amines is 1. The maximum Gasteiger partial charge on any atom is 0.282 e. The second-order valence-corrected chi connectivity index (χ2v) is 11.7. The number of carbonyl (C=O) groups is 2. The van der Waals surface area contributed by atoms with Crippen molar-refractivity contribution in [2.75, 3.05) is 18.4 Å². The van der Waals surface area contributed by atoms with E-state index in [4.69, 9.17) is 27.3 Å². The number of nitrogens with one attached hydrogen (secondary N) is 3. The van der Waals surface area contributed by atoms with Gasteiger partial charge in [0.05, 0.1) is 11.6 Å². The van der Waals surface area contributed by atoms with E-state index in [0.29, 0.717) is 15.9 Å². The molecule has 3 heterocycles. The van der Waals surface area contributed by atoms with Gasteiger partial charge in [0.1, 0.15) is 32.9 Å². The van der Waals surface area contributed by atoms with Crippen LogP contribution in [0.25, 0.3) is 10.9 Å². The minimum Gasteiger partial charge on any atom is -0.373 e. The number of hydrogen-bond acceptors (Lipinski definition) is 5. The minimum atomic E-state index is -3.08. The van der Waals surface area contributed by atoms with Gasteiger partial charge in [-0.25, -0.2) is 13.8 Å². The van der Waals surface area contributed by atoms with Crippen molar-refractivity contribution in [3.05, 3.63) is 52.6 Å². The van der Waals surface area contributed by atoms with E-state index in [1.807, 2.05) is 26.8 Å². The average Bonchev–Trinajstić information content (AvgIpc) is 3.41. The highest BCUT2D eigenvalue weighted by Crippen LogP contribution is 2.36. The lowest BCUT2D eigenvalue weighted by Crippen LogP contribution is -2.60. The molecule has 40 heavy (non-hydrogen) atoms. The fourth-order valence-corrected chi connectivity index (χ4v) is 5.16. The number of carbonyl (C=O) groups excluding carboxylic acids is 2. The first kappa shape index (κ1) is 29.6. The molecule has 0 unspecified atom stereocenters. The van der Waals surface area contributed by atoms with Crippen LogP contribution in [0, 0.1) is 0 Å². The SMILES string of the molecule is [B]C([B])(Nc1n[nH]c2cc(Cl)c(C(C)(C)C)cc12)c1nc(C(F)F)c(C(=O)NC2CN(C(=O)C=C)C2)n1C(C)C. The largest absolute Gasteiger partial charge is 0.373 e. The summed E-state index contributed by atoms with van der Waals surface area (Å²) in [5.74, 6) is -0.977. The van der Waals surface area contributed by atoms with Crippen molar-refractivity contribution in [3.63, 3.8) is 0 Å². The van der Waals surface area contributed by atoms with Crippen molar-refractivity contribution in [1.29, 1.82) is 0 Å². The van der Waals surface area contributed by atoms with Crippen LogP contribution in [0.4, 0.5) is 14.6 Å². The van der Waals surface area contributed by atoms with E-state index >= 15 is 0 Å². The molecule has 1 aromatic carbocycles. The predicted molar refractivity (Wildman–Crippen MR) is 152 cm³/mol. The van der Waals surface area contributed by atoms with Crippen molar-refractivity contribution < 1.29 is 18.4 Å². The summed E-state index contributed by atoms with van der Waals surface area (Å²) in [6, 6.07) is 2.66. The zero-order valence-corrected chi connectivity index (χ0v) is 23.7. The number of imidazole rings is 1. The van der Waals surface area contributed by atoms with Crippen molar-refractivity contribution >= 4 is 55.8 Å². The molecule has 1 aliphatic rings. The zero-order valence-electron chi connectivity index (χ0n) is 23.0. The number of rotatable bonds is 8. The molecule has 2 amide bonds. The number of fused-ring (bicyclic) bond motifs is 1. The quantitative estimate of drug-likeness (QED) is 0.283. The van der Waals surface area contributed by atoms with Gasteiger partial charge in [-0.05, 0) is 43.0 Å². The molecule has 1 saturated heterocycles. The Balaban J connectivity index is 1.71. The van der Waals surface area contributed by atoms with Gasteiger partial charge >= 0.3 is 0 Å². The van der Waals surface area contributed by atoms with E-state index in [0.717, 1.165) is 5.56 Å². The number of benzene rings is 1. The highest BCUT2D eigenvalue weighted by atomic mass is 35.5. The molecule has 0 spiro atoms. The molecule has 0 saturated carbocycles. The minimum absolute atomic E-state index is 0.179. The van der Waals surface area contributed by atoms with Crippen LogP contribution in [0.5, 0.6) is 0 Å². The summed E-state index contributed by atoms with van der Waals surface area (Å²) in [6.07, 6.45) is -1.92. The van der Waals surface area contributed by atoms with Crippen molar-refractivity contribution in [2.24, 2.45) is 0 Å². The summed E-state index contributed by atoms with van der Waals surface area (Å²) in [5.41, 5.74) is 0.0831. The van der Waals surface area contributed by atoms with Crippen LogP contribution in [-0.2, 0) is 15.5 Å². The Morgan fingerprint density at radius 2 is 1.90 bits per heavy atom. The Hall–Kier alpha value is -3.34. The number of nitrogens with zero attached hydrogens (tertiary/aromatic N) is 4. The Morgan fingerprint density at radius 1 is 1.25 bits per heavy atom. The molecule has 0 atom stereocenters. The number of anilines is 1. The van der Waals surface area contributed by atoms with E-state index in [9.17, 15) is 18.4 Å². The molecular formula is C26H30B2ClF2N7O2. The second kappa shape index (κ2) is 10.6. The first-order chi connectivity index (χ1) is 18.5. The molecule has 208 valence electrons. The van der Waals surface area contributed by atoms with Gasteiger partial charge in [0.25, 0.3) is 12.3 Å². The van der Waals surface area contributed by atoms with Gasteiger partial charge < -0.3 is 20.1 Å². The van der Waals surface area contributed by atoms with Crippen LogP contribution < -0.4 is 10.6 Å². The summed E-state index contributed by atoms with van der Waals surface area (Å²) in [5, 5.41) is 11.9. The molecule has 2 aromatic heterocycles. The van der Waals surface area contributed by atoms with Gasteiger partial charge in [-0.2, -0.15) is 5.10 Å². The second-order valence-electron chi connectivity index (χ2n) is 11.2. The van der Waals surface area contributed by atoms with Crippen LogP contribution in [0.15, 0.2) is 24.8 Å². The lowest BCUT2D eigenvalue weighted by atomic mass is 9.61. The van der Waals surface area contributed by atoms with Crippen LogP contribution in [-0.4, -0.2) is 71.3 Å². The van der Waals surface area contributed by atoms with Gasteiger partial charge in [-0.3, -0.25) is 14.7 Å². The molecule has 14 heteroatoms. The van der Waals surface area contributed by atoms with Crippen LogP contribution in [0.1, 0.15) is 74.7 Å². The predicted octanol–water partition coefficient (Wildman–Crippen LogP) is 3.91. The summed E-state index contributed by atoms with van der Waals surface area (Å²) in [7, 11) is 12.9. The van der Waals surface area contributed by atoms with E-state index in [1.54, 1.807) is 19.9 Å². The number of hydrogen-bond donors (Lipinski definition) is 3. The van der Waals surface area contributed by atoms with Crippen molar-refractivity contribution in [1.82, 2.24) is 30.0 Å². The van der Waals surface area contributed by atoms with Gasteiger partial charge in [-0.15, -0.1) is 0 Å². The molecule has 4 rings (SSSR count). The standard InChI is InChI=1S/C26H30B2ClF2N7O2/c1-7-18(39)37-10-13(11-37)32-23(40)20-19(21(30)31)33-24(38(20)12(2)3)26(27,28)34-22-14-8-15(25(4,5)6)16(29)9-17(14)35-36-22/h7-9,12-13,21H,1,10-11H2,2-6H3,(H,32,40)(H2,34,35,36). The van der Waals surface area contributed by atoms with Gasteiger partial charge in [0.2, 0.25) is 5.91 Å². The molecular weight excluding hydrogens is 537 g/mol. The lowest BCUT2D eigenvalue weighted by molar-refractivity contribution is -0.130. The molecule has 0 aliphatic carbocycles. The van der Waals surface area contributed by atoms with Gasteiger partial charge in [0, 0.05) is 34.9 Å². The molecule has 4 radical (unpaired) electrons. The molecule has 3 N–H and O–H groups in total. The number of aromatic nitrogens is 4. The fraction of sp³-hybridized carbons (Fsp3) is 0.462. The molecule has 0 bridgehead atoms. The van der Waals surface area contributed by atoms with Crippen molar-refractivity contribution in [3.8, 4) is 0 Å². The van der Waals surface area contributed by atoms with E-state index in [2.05, 4.69) is 32.4 Å². The van der Waals surface area contributed by atoms with E-state index in [-0.39, 0.29) is 41.7 Å².